The number of ether oxygens (including phenoxy) is 2. The minimum atomic E-state index is -1.31. The number of fused-ring (bicyclic) bond motifs is 2. The number of hydrogen-bond donors (Lipinski definition) is 1. The summed E-state index contributed by atoms with van der Waals surface area (Å²) in [5, 5.41) is 9.52. The van der Waals surface area contributed by atoms with Gasteiger partial charge in [0.1, 0.15) is 29.8 Å². The first kappa shape index (κ1) is 23.8. The Labute approximate surface area is 205 Å². The lowest BCUT2D eigenvalue weighted by Gasteiger charge is -2.38. The molecule has 35 heavy (non-hydrogen) atoms. The lowest BCUT2D eigenvalue weighted by atomic mass is 9.73. The molecule has 1 aromatic rings. The van der Waals surface area contributed by atoms with Gasteiger partial charge in [-0.1, -0.05) is 43.4 Å². The van der Waals surface area contributed by atoms with Crippen molar-refractivity contribution < 1.29 is 29.0 Å². The fraction of sp³-hybridized carbons (Fsp3) is 0.519. The Morgan fingerprint density at radius 3 is 2.49 bits per heavy atom. The highest BCUT2D eigenvalue weighted by Gasteiger charge is 2.75. The SMILES string of the molecule is CC[C@@]12C=CCOC(=O)[C@@H]1[C@H]1C(=O)N(CCCO)C3C(=O)N(c4c(C)cccc4C)CC=C[C@@]31O2. The van der Waals surface area contributed by atoms with E-state index in [1.165, 1.54) is 4.90 Å². The number of nitrogens with zero attached hydrogens (tertiary/aromatic N) is 2. The fourth-order valence-corrected chi connectivity index (χ4v) is 6.51. The summed E-state index contributed by atoms with van der Waals surface area (Å²) in [5.74, 6) is -2.78. The van der Waals surface area contributed by atoms with Gasteiger partial charge in [0, 0.05) is 25.4 Å². The largest absolute Gasteiger partial charge is 0.461 e. The maximum Gasteiger partial charge on any atom is 0.313 e. The number of benzene rings is 1. The van der Waals surface area contributed by atoms with Crippen molar-refractivity contribution in [2.45, 2.75) is 50.9 Å². The Hall–Kier alpha value is -2.97. The molecule has 2 fully saturated rings. The molecule has 0 aliphatic carbocycles. The number of aryl methyl sites for hydroxylation is 2. The topological polar surface area (TPSA) is 96.4 Å². The summed E-state index contributed by atoms with van der Waals surface area (Å²) in [6.07, 6.45) is 8.08. The van der Waals surface area contributed by atoms with Crippen LogP contribution >= 0.6 is 0 Å². The van der Waals surface area contributed by atoms with Gasteiger partial charge in [-0.3, -0.25) is 14.4 Å². The van der Waals surface area contributed by atoms with E-state index in [1.807, 2.05) is 57.2 Å². The van der Waals surface area contributed by atoms with Crippen LogP contribution < -0.4 is 4.90 Å². The van der Waals surface area contributed by atoms with Crippen molar-refractivity contribution >= 4 is 23.5 Å². The van der Waals surface area contributed by atoms with Crippen LogP contribution in [0.15, 0.2) is 42.5 Å². The Bertz CT molecular complexity index is 1110. The zero-order valence-electron chi connectivity index (χ0n) is 20.4. The standard InChI is InChI=1S/C27H32N2O6/c1-4-26-11-7-16-34-25(33)20(26)19-23(31)29(14-8-15-30)22-24(32)28(13-6-12-27(19,22)35-26)21-17(2)9-5-10-18(21)3/h5-7,9-12,19-20,22,30H,4,8,13-16H2,1-3H3/t19-,20-,22?,26+,27-/m0/s1. The van der Waals surface area contributed by atoms with Gasteiger partial charge in [0.25, 0.3) is 5.91 Å². The van der Waals surface area contributed by atoms with Gasteiger partial charge in [0.2, 0.25) is 5.91 Å². The highest BCUT2D eigenvalue weighted by atomic mass is 16.6. The smallest absolute Gasteiger partial charge is 0.313 e. The molecule has 1 spiro atoms. The van der Waals surface area contributed by atoms with Crippen LogP contribution in [-0.4, -0.2) is 71.3 Å². The van der Waals surface area contributed by atoms with Crippen LogP contribution in [0.1, 0.15) is 30.9 Å². The number of esters is 1. The number of rotatable bonds is 5. The van der Waals surface area contributed by atoms with E-state index >= 15 is 0 Å². The summed E-state index contributed by atoms with van der Waals surface area (Å²) >= 11 is 0. The maximum atomic E-state index is 14.4. The molecule has 5 rings (SSSR count). The minimum Gasteiger partial charge on any atom is -0.461 e. The van der Waals surface area contributed by atoms with Crippen molar-refractivity contribution in [1.82, 2.24) is 4.90 Å². The van der Waals surface area contributed by atoms with E-state index in [0.29, 0.717) is 19.4 Å². The minimum absolute atomic E-state index is 0.118. The molecule has 1 aromatic carbocycles. The van der Waals surface area contributed by atoms with Crippen molar-refractivity contribution in [3.63, 3.8) is 0 Å². The van der Waals surface area contributed by atoms with Gasteiger partial charge in [0.15, 0.2) is 0 Å². The second kappa shape index (κ2) is 8.60. The van der Waals surface area contributed by atoms with E-state index in [0.717, 1.165) is 16.8 Å². The quantitative estimate of drug-likeness (QED) is 0.512. The van der Waals surface area contributed by atoms with Crippen molar-refractivity contribution in [1.29, 1.82) is 0 Å². The van der Waals surface area contributed by atoms with E-state index < -0.39 is 35.0 Å². The molecule has 0 saturated carbocycles. The first-order valence-corrected chi connectivity index (χ1v) is 12.3. The molecule has 8 heteroatoms. The van der Waals surface area contributed by atoms with Crippen LogP contribution in [0.2, 0.25) is 0 Å². The lowest BCUT2D eigenvalue weighted by molar-refractivity contribution is -0.157. The molecule has 5 atom stereocenters. The molecule has 0 bridgehead atoms. The summed E-state index contributed by atoms with van der Waals surface area (Å²) in [5.41, 5.74) is 0.386. The van der Waals surface area contributed by atoms with Gasteiger partial charge in [-0.25, -0.2) is 0 Å². The molecule has 2 amide bonds. The second-order valence-corrected chi connectivity index (χ2v) is 9.85. The number of amides is 2. The second-order valence-electron chi connectivity index (χ2n) is 9.85. The van der Waals surface area contributed by atoms with Gasteiger partial charge in [-0.15, -0.1) is 0 Å². The van der Waals surface area contributed by atoms with Crippen LogP contribution in [0.4, 0.5) is 5.69 Å². The maximum absolute atomic E-state index is 14.4. The highest BCUT2D eigenvalue weighted by Crippen LogP contribution is 2.58. The molecular formula is C27H32N2O6. The normalized spacial score (nSPS) is 33.8. The number of carbonyl (C=O) groups is 3. The van der Waals surface area contributed by atoms with Crippen molar-refractivity contribution in [2.24, 2.45) is 11.8 Å². The monoisotopic (exact) mass is 480 g/mol. The number of hydrogen-bond acceptors (Lipinski definition) is 6. The van der Waals surface area contributed by atoms with Crippen molar-refractivity contribution in [3.8, 4) is 0 Å². The van der Waals surface area contributed by atoms with E-state index in [9.17, 15) is 19.5 Å². The molecule has 1 N–H and O–H groups in total. The molecule has 4 aliphatic rings. The molecule has 0 radical (unpaired) electrons. The Kier molecular flexibility index (Phi) is 5.84. The first-order chi connectivity index (χ1) is 16.8. The van der Waals surface area contributed by atoms with Crippen LogP contribution in [0.3, 0.4) is 0 Å². The number of anilines is 1. The average Bonchev–Trinajstić information content (AvgIpc) is 3.10. The van der Waals surface area contributed by atoms with Crippen LogP contribution in [0.5, 0.6) is 0 Å². The molecule has 4 heterocycles. The number of aliphatic hydroxyl groups is 1. The van der Waals surface area contributed by atoms with E-state index in [4.69, 9.17) is 9.47 Å². The predicted molar refractivity (Wildman–Crippen MR) is 129 cm³/mol. The Balaban J connectivity index is 1.68. The summed E-state index contributed by atoms with van der Waals surface area (Å²) in [4.78, 5) is 44.8. The van der Waals surface area contributed by atoms with Crippen molar-refractivity contribution in [3.05, 3.63) is 53.6 Å². The lowest BCUT2D eigenvalue weighted by Crippen LogP contribution is -2.56. The zero-order valence-corrected chi connectivity index (χ0v) is 20.4. The Morgan fingerprint density at radius 2 is 1.80 bits per heavy atom. The number of likely N-dealkylation sites (tertiary alicyclic amines) is 1. The van der Waals surface area contributed by atoms with Gasteiger partial charge in [0.05, 0.1) is 5.92 Å². The molecule has 2 saturated heterocycles. The summed E-state index contributed by atoms with van der Waals surface area (Å²) in [7, 11) is 0. The first-order valence-electron chi connectivity index (χ1n) is 12.3. The van der Waals surface area contributed by atoms with E-state index in [-0.39, 0.29) is 31.6 Å². The molecule has 0 aromatic heterocycles. The molecule has 4 aliphatic heterocycles. The third-order valence-corrected chi connectivity index (χ3v) is 7.96. The summed E-state index contributed by atoms with van der Waals surface area (Å²) in [6.45, 7) is 6.37. The number of aliphatic hydroxyl groups excluding tert-OH is 1. The highest BCUT2D eigenvalue weighted by molar-refractivity contribution is 6.06. The van der Waals surface area contributed by atoms with E-state index in [2.05, 4.69) is 0 Å². The predicted octanol–water partition coefficient (Wildman–Crippen LogP) is 2.06. The van der Waals surface area contributed by atoms with Gasteiger partial charge in [-0.05, 0) is 43.9 Å². The molecule has 1 unspecified atom stereocenters. The molecule has 8 nitrogen and oxygen atoms in total. The van der Waals surface area contributed by atoms with Crippen LogP contribution in [0, 0.1) is 25.7 Å². The van der Waals surface area contributed by atoms with E-state index in [1.54, 1.807) is 11.0 Å². The summed E-state index contributed by atoms with van der Waals surface area (Å²) in [6, 6.07) is 4.92. The van der Waals surface area contributed by atoms with Crippen LogP contribution in [-0.2, 0) is 23.9 Å². The summed E-state index contributed by atoms with van der Waals surface area (Å²) < 4.78 is 12.2. The average molecular weight is 481 g/mol. The third-order valence-electron chi connectivity index (χ3n) is 7.96. The molecule has 186 valence electrons. The van der Waals surface area contributed by atoms with Gasteiger partial charge >= 0.3 is 5.97 Å². The number of para-hydroxylation sites is 1. The zero-order chi connectivity index (χ0) is 25.0. The fourth-order valence-electron chi connectivity index (χ4n) is 6.51. The number of carbonyl (C=O) groups excluding carboxylic acids is 3. The van der Waals surface area contributed by atoms with Crippen LogP contribution in [0.25, 0.3) is 0 Å². The van der Waals surface area contributed by atoms with Gasteiger partial charge in [-0.2, -0.15) is 0 Å². The molecular weight excluding hydrogens is 448 g/mol. The number of cyclic esters (lactones) is 1. The van der Waals surface area contributed by atoms with Gasteiger partial charge < -0.3 is 24.4 Å². The third kappa shape index (κ3) is 3.30. The van der Waals surface area contributed by atoms with Crippen molar-refractivity contribution in [2.75, 3.05) is 31.2 Å². The Morgan fingerprint density at radius 1 is 1.06 bits per heavy atom.